The number of rotatable bonds is 4. The maximum atomic E-state index is 13.9. The summed E-state index contributed by atoms with van der Waals surface area (Å²) in [5.74, 6) is 0.972. The van der Waals surface area contributed by atoms with Crippen molar-refractivity contribution in [2.75, 3.05) is 0 Å². The third-order valence-corrected chi connectivity index (χ3v) is 3.53. The summed E-state index contributed by atoms with van der Waals surface area (Å²) in [5.41, 5.74) is 2.32. The van der Waals surface area contributed by atoms with Crippen molar-refractivity contribution in [2.24, 2.45) is 0 Å². The lowest BCUT2D eigenvalue weighted by atomic mass is 10.0. The van der Waals surface area contributed by atoms with E-state index >= 15 is 0 Å². The Bertz CT molecular complexity index is 633. The van der Waals surface area contributed by atoms with E-state index < -0.39 is 11.9 Å². The van der Waals surface area contributed by atoms with Crippen LogP contribution in [0.2, 0.25) is 0 Å². The van der Waals surface area contributed by atoms with Gasteiger partial charge in [0.1, 0.15) is 17.3 Å². The van der Waals surface area contributed by atoms with Crippen molar-refractivity contribution in [1.82, 2.24) is 0 Å². The zero-order chi connectivity index (χ0) is 15.6. The van der Waals surface area contributed by atoms with Crippen molar-refractivity contribution >= 4 is 0 Å². The minimum absolute atomic E-state index is 0.187. The minimum atomic E-state index is -0.921. The Balaban J connectivity index is 2.43. The quantitative estimate of drug-likeness (QED) is 0.847. The standard InChI is InChI=1S/C18H21FO2/c1-11(2)14-9-8-12(3)17(10-14)21-16-7-5-6-15(19)18(16)13(4)20/h5-11,13,20H,1-4H3/t13-/m0/s1. The van der Waals surface area contributed by atoms with E-state index in [1.165, 1.54) is 13.0 Å². The molecule has 1 atom stereocenters. The predicted molar refractivity (Wildman–Crippen MR) is 82.4 cm³/mol. The molecule has 0 bridgehead atoms. The van der Waals surface area contributed by atoms with Crippen LogP contribution in [0.25, 0.3) is 0 Å². The van der Waals surface area contributed by atoms with Crippen LogP contribution in [0.4, 0.5) is 4.39 Å². The summed E-state index contributed by atoms with van der Waals surface area (Å²) in [5, 5.41) is 9.76. The number of hydrogen-bond acceptors (Lipinski definition) is 2. The average Bonchev–Trinajstić information content (AvgIpc) is 2.40. The molecule has 0 amide bonds. The van der Waals surface area contributed by atoms with Crippen molar-refractivity contribution < 1.29 is 14.2 Å². The number of halogens is 1. The Morgan fingerprint density at radius 3 is 2.38 bits per heavy atom. The van der Waals surface area contributed by atoms with Gasteiger partial charge >= 0.3 is 0 Å². The van der Waals surface area contributed by atoms with Crippen molar-refractivity contribution in [2.45, 2.75) is 39.7 Å². The molecule has 0 spiro atoms. The largest absolute Gasteiger partial charge is 0.457 e. The van der Waals surface area contributed by atoms with E-state index in [1.54, 1.807) is 12.1 Å². The number of aliphatic hydroxyl groups is 1. The fraction of sp³-hybridized carbons (Fsp3) is 0.333. The molecule has 0 heterocycles. The predicted octanol–water partition coefficient (Wildman–Crippen LogP) is 5.10. The van der Waals surface area contributed by atoms with Gasteiger partial charge in [-0.1, -0.05) is 32.0 Å². The van der Waals surface area contributed by atoms with E-state index in [9.17, 15) is 9.50 Å². The van der Waals surface area contributed by atoms with Crippen LogP contribution in [0, 0.1) is 12.7 Å². The minimum Gasteiger partial charge on any atom is -0.457 e. The molecular weight excluding hydrogens is 267 g/mol. The first-order valence-electron chi connectivity index (χ1n) is 7.15. The van der Waals surface area contributed by atoms with Gasteiger partial charge in [0, 0.05) is 0 Å². The van der Waals surface area contributed by atoms with Gasteiger partial charge in [-0.2, -0.15) is 0 Å². The molecule has 0 saturated carbocycles. The van der Waals surface area contributed by atoms with Crippen molar-refractivity contribution in [1.29, 1.82) is 0 Å². The van der Waals surface area contributed by atoms with Crippen molar-refractivity contribution in [3.8, 4) is 11.5 Å². The van der Waals surface area contributed by atoms with Gasteiger partial charge in [-0.3, -0.25) is 0 Å². The summed E-state index contributed by atoms with van der Waals surface area (Å²) in [6.07, 6.45) is -0.921. The Labute approximate surface area is 125 Å². The summed E-state index contributed by atoms with van der Waals surface area (Å²) in [6, 6.07) is 10.6. The molecule has 0 aliphatic carbocycles. The van der Waals surface area contributed by atoms with Gasteiger partial charge in [0.15, 0.2) is 0 Å². The molecule has 3 heteroatoms. The van der Waals surface area contributed by atoms with Gasteiger partial charge < -0.3 is 9.84 Å². The smallest absolute Gasteiger partial charge is 0.136 e. The maximum absolute atomic E-state index is 13.9. The molecule has 112 valence electrons. The molecule has 21 heavy (non-hydrogen) atoms. The zero-order valence-electron chi connectivity index (χ0n) is 12.9. The fourth-order valence-corrected chi connectivity index (χ4v) is 2.22. The van der Waals surface area contributed by atoms with Gasteiger partial charge in [0.05, 0.1) is 11.7 Å². The molecule has 2 nitrogen and oxygen atoms in total. The summed E-state index contributed by atoms with van der Waals surface area (Å²) < 4.78 is 19.7. The van der Waals surface area contributed by atoms with E-state index in [0.717, 1.165) is 11.1 Å². The molecule has 2 rings (SSSR count). The number of aliphatic hydroxyl groups excluding tert-OH is 1. The highest BCUT2D eigenvalue weighted by Gasteiger charge is 2.16. The van der Waals surface area contributed by atoms with Crippen LogP contribution in [0.3, 0.4) is 0 Å². The van der Waals surface area contributed by atoms with Gasteiger partial charge in [-0.15, -0.1) is 0 Å². The van der Waals surface area contributed by atoms with Crippen LogP contribution in [0.5, 0.6) is 11.5 Å². The van der Waals surface area contributed by atoms with Crippen LogP contribution in [0.15, 0.2) is 36.4 Å². The Kier molecular flexibility index (Phi) is 4.63. The van der Waals surface area contributed by atoms with Crippen molar-refractivity contribution in [3.05, 3.63) is 58.9 Å². The zero-order valence-corrected chi connectivity index (χ0v) is 12.9. The molecular formula is C18H21FO2. The van der Waals surface area contributed by atoms with Crippen LogP contribution in [-0.4, -0.2) is 5.11 Å². The number of hydrogen-bond donors (Lipinski definition) is 1. The number of ether oxygens (including phenoxy) is 1. The molecule has 0 aromatic heterocycles. The van der Waals surface area contributed by atoms with Crippen molar-refractivity contribution in [3.63, 3.8) is 0 Å². The third-order valence-electron chi connectivity index (χ3n) is 3.53. The highest BCUT2D eigenvalue weighted by atomic mass is 19.1. The molecule has 0 aliphatic heterocycles. The van der Waals surface area contributed by atoms with Crippen LogP contribution < -0.4 is 4.74 Å². The second-order valence-electron chi connectivity index (χ2n) is 5.61. The molecule has 0 saturated heterocycles. The highest BCUT2D eigenvalue weighted by molar-refractivity contribution is 5.44. The second-order valence-corrected chi connectivity index (χ2v) is 5.61. The number of benzene rings is 2. The van der Waals surface area contributed by atoms with Crippen LogP contribution >= 0.6 is 0 Å². The Morgan fingerprint density at radius 1 is 1.05 bits per heavy atom. The summed E-state index contributed by atoms with van der Waals surface area (Å²) in [6.45, 7) is 7.69. The third kappa shape index (κ3) is 3.42. The van der Waals surface area contributed by atoms with Gasteiger partial charge in [-0.05, 0) is 49.1 Å². The highest BCUT2D eigenvalue weighted by Crippen LogP contribution is 2.34. The van der Waals surface area contributed by atoms with E-state index in [2.05, 4.69) is 19.9 Å². The van der Waals surface area contributed by atoms with Gasteiger partial charge in [-0.25, -0.2) is 4.39 Å². The molecule has 0 aliphatic rings. The van der Waals surface area contributed by atoms with E-state index in [4.69, 9.17) is 4.74 Å². The number of aryl methyl sites for hydroxylation is 1. The summed E-state index contributed by atoms with van der Waals surface area (Å²) >= 11 is 0. The lowest BCUT2D eigenvalue weighted by Gasteiger charge is -2.16. The Morgan fingerprint density at radius 2 is 1.76 bits per heavy atom. The molecule has 0 unspecified atom stereocenters. The molecule has 1 N–H and O–H groups in total. The van der Waals surface area contributed by atoms with Gasteiger partial charge in [0.2, 0.25) is 0 Å². The van der Waals surface area contributed by atoms with E-state index in [0.29, 0.717) is 17.4 Å². The maximum Gasteiger partial charge on any atom is 0.136 e. The van der Waals surface area contributed by atoms with E-state index in [-0.39, 0.29) is 5.56 Å². The first kappa shape index (κ1) is 15.5. The Hall–Kier alpha value is -1.87. The molecule has 0 radical (unpaired) electrons. The SMILES string of the molecule is Cc1ccc(C(C)C)cc1Oc1cccc(F)c1[C@H](C)O. The fourth-order valence-electron chi connectivity index (χ4n) is 2.22. The molecule has 2 aromatic rings. The first-order valence-corrected chi connectivity index (χ1v) is 7.15. The summed E-state index contributed by atoms with van der Waals surface area (Å²) in [4.78, 5) is 0. The normalized spacial score (nSPS) is 12.5. The van der Waals surface area contributed by atoms with Crippen LogP contribution in [0.1, 0.15) is 49.5 Å². The summed E-state index contributed by atoms with van der Waals surface area (Å²) in [7, 11) is 0. The lowest BCUT2D eigenvalue weighted by Crippen LogP contribution is -2.01. The monoisotopic (exact) mass is 288 g/mol. The second kappa shape index (κ2) is 6.27. The molecule has 0 fully saturated rings. The molecule has 2 aromatic carbocycles. The van der Waals surface area contributed by atoms with Crippen LogP contribution in [-0.2, 0) is 0 Å². The lowest BCUT2D eigenvalue weighted by molar-refractivity contribution is 0.190. The van der Waals surface area contributed by atoms with Gasteiger partial charge in [0.25, 0.3) is 0 Å². The first-order chi connectivity index (χ1) is 9.90. The average molecular weight is 288 g/mol. The topological polar surface area (TPSA) is 29.5 Å². The van der Waals surface area contributed by atoms with E-state index in [1.807, 2.05) is 19.1 Å².